The van der Waals surface area contributed by atoms with E-state index in [4.69, 9.17) is 11.6 Å². The highest BCUT2D eigenvalue weighted by Crippen LogP contribution is 2.26. The molecule has 0 aliphatic rings. The average Bonchev–Trinajstić information content (AvgIpc) is 3.14. The number of non-ortho nitro benzene ring substituents is 1. The summed E-state index contributed by atoms with van der Waals surface area (Å²) >= 11 is 7.28. The van der Waals surface area contributed by atoms with Gasteiger partial charge in [0, 0.05) is 23.6 Å². The molecular weight excluding hydrogens is 414 g/mol. The molecule has 3 aromatic rings. The molecule has 2 aromatic carbocycles. The molecule has 3 rings (SSSR count). The predicted molar refractivity (Wildman–Crippen MR) is 111 cm³/mol. The summed E-state index contributed by atoms with van der Waals surface area (Å²) in [6.45, 7) is 1.71. The molecule has 1 atom stereocenters. The molecule has 1 heterocycles. The molecule has 1 unspecified atom stereocenters. The van der Waals surface area contributed by atoms with Crippen molar-refractivity contribution in [3.05, 3.63) is 76.1 Å². The number of carbonyl (C=O) groups is 1. The molecule has 0 aliphatic carbocycles. The number of nitrogens with one attached hydrogen (secondary N) is 1. The molecule has 1 aromatic heterocycles. The summed E-state index contributed by atoms with van der Waals surface area (Å²) in [6, 6.07) is 16.0. The monoisotopic (exact) mass is 431 g/mol. The third-order valence-electron chi connectivity index (χ3n) is 4.01. The van der Waals surface area contributed by atoms with Gasteiger partial charge in [0.05, 0.1) is 11.5 Å². The van der Waals surface area contributed by atoms with Gasteiger partial charge in [-0.3, -0.25) is 19.5 Å². The van der Waals surface area contributed by atoms with Crippen LogP contribution in [0.25, 0.3) is 5.69 Å². The van der Waals surface area contributed by atoms with Gasteiger partial charge in [0.1, 0.15) is 5.38 Å². The van der Waals surface area contributed by atoms with Crippen molar-refractivity contribution in [3.63, 3.8) is 0 Å². The van der Waals surface area contributed by atoms with E-state index in [-0.39, 0.29) is 18.1 Å². The second kappa shape index (κ2) is 9.53. The molecule has 0 bridgehead atoms. The number of thioether (sulfide) groups is 1. The molecule has 10 heteroatoms. The SMILES string of the molecule is CC(Cl)C(=O)NCc1nnc(SCc2ccccc2)n1-c1ccc([N+](=O)[O-])cc1. The van der Waals surface area contributed by atoms with Crippen LogP contribution in [0.2, 0.25) is 0 Å². The zero-order valence-electron chi connectivity index (χ0n) is 15.5. The molecular formula is C19H18ClN5O3S. The summed E-state index contributed by atoms with van der Waals surface area (Å²) in [6.07, 6.45) is 0. The van der Waals surface area contributed by atoms with Crippen molar-refractivity contribution in [2.45, 2.75) is 29.8 Å². The molecule has 1 N–H and O–H groups in total. The molecule has 29 heavy (non-hydrogen) atoms. The summed E-state index contributed by atoms with van der Waals surface area (Å²) in [7, 11) is 0. The van der Waals surface area contributed by atoms with E-state index in [1.807, 2.05) is 30.3 Å². The van der Waals surface area contributed by atoms with Gasteiger partial charge in [0.2, 0.25) is 5.91 Å². The summed E-state index contributed by atoms with van der Waals surface area (Å²) in [4.78, 5) is 22.3. The molecule has 1 amide bonds. The van der Waals surface area contributed by atoms with Gasteiger partial charge in [-0.2, -0.15) is 0 Å². The van der Waals surface area contributed by atoms with Gasteiger partial charge in [-0.25, -0.2) is 0 Å². The lowest BCUT2D eigenvalue weighted by Crippen LogP contribution is -2.30. The minimum atomic E-state index is -0.669. The van der Waals surface area contributed by atoms with E-state index in [2.05, 4.69) is 15.5 Å². The van der Waals surface area contributed by atoms with Crippen LogP contribution in [0.5, 0.6) is 0 Å². The Labute approximate surface area is 176 Å². The van der Waals surface area contributed by atoms with Crippen molar-refractivity contribution < 1.29 is 9.72 Å². The Morgan fingerprint density at radius 1 is 1.21 bits per heavy atom. The number of halogens is 1. The van der Waals surface area contributed by atoms with Gasteiger partial charge in [0.25, 0.3) is 5.69 Å². The molecule has 0 saturated carbocycles. The Morgan fingerprint density at radius 2 is 1.90 bits per heavy atom. The average molecular weight is 432 g/mol. The van der Waals surface area contributed by atoms with Crippen LogP contribution < -0.4 is 5.32 Å². The number of nitro groups is 1. The van der Waals surface area contributed by atoms with Crippen LogP contribution in [-0.4, -0.2) is 31.0 Å². The van der Waals surface area contributed by atoms with Crippen LogP contribution in [-0.2, 0) is 17.1 Å². The molecule has 0 spiro atoms. The number of hydrogen-bond donors (Lipinski definition) is 1. The molecule has 0 saturated heterocycles. The van der Waals surface area contributed by atoms with E-state index in [9.17, 15) is 14.9 Å². The maximum Gasteiger partial charge on any atom is 0.269 e. The first kappa shape index (κ1) is 20.8. The van der Waals surface area contributed by atoms with Crippen LogP contribution in [0.15, 0.2) is 59.8 Å². The van der Waals surface area contributed by atoms with E-state index in [1.54, 1.807) is 23.6 Å². The highest BCUT2D eigenvalue weighted by molar-refractivity contribution is 7.98. The summed E-state index contributed by atoms with van der Waals surface area (Å²) in [5.41, 5.74) is 1.78. The zero-order chi connectivity index (χ0) is 20.8. The van der Waals surface area contributed by atoms with Gasteiger partial charge in [0.15, 0.2) is 11.0 Å². The smallest absolute Gasteiger partial charge is 0.269 e. The number of nitro benzene ring substituents is 1. The van der Waals surface area contributed by atoms with Gasteiger partial charge in [-0.1, -0.05) is 42.1 Å². The van der Waals surface area contributed by atoms with Crippen LogP contribution in [0, 0.1) is 10.1 Å². The van der Waals surface area contributed by atoms with Crippen LogP contribution in [0.1, 0.15) is 18.3 Å². The summed E-state index contributed by atoms with van der Waals surface area (Å²) < 4.78 is 1.77. The number of hydrogen-bond acceptors (Lipinski definition) is 6. The lowest BCUT2D eigenvalue weighted by Gasteiger charge is -2.11. The summed E-state index contributed by atoms with van der Waals surface area (Å²) in [5.74, 6) is 0.861. The number of aromatic nitrogens is 3. The number of rotatable bonds is 8. The maximum absolute atomic E-state index is 11.8. The second-order valence-electron chi connectivity index (χ2n) is 6.12. The largest absolute Gasteiger partial charge is 0.348 e. The molecule has 0 fully saturated rings. The Bertz CT molecular complexity index is 993. The first-order valence-electron chi connectivity index (χ1n) is 8.73. The van der Waals surface area contributed by atoms with E-state index in [0.717, 1.165) is 5.56 Å². The number of alkyl halides is 1. The molecule has 0 radical (unpaired) electrons. The highest BCUT2D eigenvalue weighted by Gasteiger charge is 2.17. The Hall–Kier alpha value is -2.91. The van der Waals surface area contributed by atoms with E-state index >= 15 is 0 Å². The minimum Gasteiger partial charge on any atom is -0.348 e. The Balaban J connectivity index is 1.88. The Morgan fingerprint density at radius 3 is 2.52 bits per heavy atom. The topological polar surface area (TPSA) is 103 Å². The standard InChI is InChI=1S/C19H18ClN5O3S/c1-13(20)18(26)21-11-17-22-23-19(29-12-14-5-3-2-4-6-14)24(17)15-7-9-16(10-8-15)25(27)28/h2-10,13H,11-12H2,1H3,(H,21,26). The lowest BCUT2D eigenvalue weighted by molar-refractivity contribution is -0.384. The predicted octanol–water partition coefficient (Wildman–Crippen LogP) is 3.71. The maximum atomic E-state index is 11.8. The fraction of sp³-hybridized carbons (Fsp3) is 0.211. The fourth-order valence-electron chi connectivity index (χ4n) is 2.52. The first-order valence-corrected chi connectivity index (χ1v) is 10.2. The van der Waals surface area contributed by atoms with Crippen molar-refractivity contribution in [2.24, 2.45) is 0 Å². The second-order valence-corrected chi connectivity index (χ2v) is 7.71. The van der Waals surface area contributed by atoms with Crippen molar-refractivity contribution in [1.82, 2.24) is 20.1 Å². The minimum absolute atomic E-state index is 0.00821. The number of nitrogens with zero attached hydrogens (tertiary/aromatic N) is 4. The number of benzene rings is 2. The number of carbonyl (C=O) groups excluding carboxylic acids is 1. The fourth-order valence-corrected chi connectivity index (χ4v) is 3.52. The van der Waals surface area contributed by atoms with E-state index in [1.165, 1.54) is 23.9 Å². The Kier molecular flexibility index (Phi) is 6.84. The van der Waals surface area contributed by atoms with Gasteiger partial charge in [-0.15, -0.1) is 21.8 Å². The molecule has 150 valence electrons. The van der Waals surface area contributed by atoms with Gasteiger partial charge in [-0.05, 0) is 24.6 Å². The first-order chi connectivity index (χ1) is 14.0. The van der Waals surface area contributed by atoms with E-state index < -0.39 is 10.3 Å². The van der Waals surface area contributed by atoms with Gasteiger partial charge >= 0.3 is 0 Å². The van der Waals surface area contributed by atoms with Crippen LogP contribution >= 0.6 is 23.4 Å². The van der Waals surface area contributed by atoms with Crippen molar-refractivity contribution in [2.75, 3.05) is 0 Å². The number of amides is 1. The van der Waals surface area contributed by atoms with Crippen LogP contribution in [0.3, 0.4) is 0 Å². The molecule has 0 aliphatic heterocycles. The van der Waals surface area contributed by atoms with Crippen molar-refractivity contribution in [3.8, 4) is 5.69 Å². The summed E-state index contributed by atoms with van der Waals surface area (Å²) in [5, 5.41) is 22.0. The highest BCUT2D eigenvalue weighted by atomic mass is 35.5. The zero-order valence-corrected chi connectivity index (χ0v) is 17.1. The van der Waals surface area contributed by atoms with E-state index in [0.29, 0.717) is 22.4 Å². The third kappa shape index (κ3) is 5.33. The third-order valence-corrected chi connectivity index (χ3v) is 5.21. The normalized spacial score (nSPS) is 11.8. The van der Waals surface area contributed by atoms with Crippen molar-refractivity contribution >= 4 is 35.0 Å². The quantitative estimate of drug-likeness (QED) is 0.252. The van der Waals surface area contributed by atoms with Gasteiger partial charge < -0.3 is 5.32 Å². The van der Waals surface area contributed by atoms with Crippen molar-refractivity contribution in [1.29, 1.82) is 0 Å². The molecule has 8 nitrogen and oxygen atoms in total. The lowest BCUT2D eigenvalue weighted by atomic mass is 10.2. The van der Waals surface area contributed by atoms with Crippen LogP contribution in [0.4, 0.5) is 5.69 Å².